The molecule has 0 fully saturated rings. The Morgan fingerprint density at radius 2 is 2.70 bits per heavy atom. The van der Waals surface area contributed by atoms with Crippen molar-refractivity contribution in [1.82, 2.24) is 14.9 Å². The van der Waals surface area contributed by atoms with E-state index in [4.69, 9.17) is 0 Å². The first kappa shape index (κ1) is 5.70. The molecule has 1 unspecified atom stereocenters. The minimum atomic E-state index is 0.677. The van der Waals surface area contributed by atoms with E-state index in [-0.39, 0.29) is 0 Å². The van der Waals surface area contributed by atoms with Crippen LogP contribution >= 0.6 is 0 Å². The molecule has 1 aliphatic heterocycles. The molecule has 10 heavy (non-hydrogen) atoms. The predicted molar refractivity (Wildman–Crippen MR) is 37.1 cm³/mol. The van der Waals surface area contributed by atoms with E-state index in [2.05, 4.69) is 22.5 Å². The van der Waals surface area contributed by atoms with Crippen LogP contribution in [0.2, 0.25) is 0 Å². The van der Waals surface area contributed by atoms with E-state index in [0.717, 1.165) is 18.8 Å². The van der Waals surface area contributed by atoms with Crippen molar-refractivity contribution >= 4 is 0 Å². The Bertz CT molecular complexity index is 229. The highest BCUT2D eigenvalue weighted by Crippen LogP contribution is 2.08. The van der Waals surface area contributed by atoms with Crippen molar-refractivity contribution in [2.45, 2.75) is 13.3 Å². The van der Waals surface area contributed by atoms with Crippen molar-refractivity contribution < 1.29 is 0 Å². The van der Waals surface area contributed by atoms with Crippen molar-refractivity contribution in [3.8, 4) is 0 Å². The van der Waals surface area contributed by atoms with Gasteiger partial charge >= 0.3 is 0 Å². The summed E-state index contributed by atoms with van der Waals surface area (Å²) in [5.41, 5.74) is 3.18. The molecule has 1 aliphatic rings. The number of fused-ring (bicyclic) bond motifs is 1. The number of hydrogen-bond donors (Lipinski definition) is 1. The summed E-state index contributed by atoms with van der Waals surface area (Å²) in [6.45, 7) is 3.22. The predicted octanol–water partition coefficient (Wildman–Crippen LogP) is 0.0138. The Labute approximate surface area is 59.2 Å². The van der Waals surface area contributed by atoms with Crippen LogP contribution < -0.4 is 5.43 Å². The second-order valence-electron chi connectivity index (χ2n) is 2.79. The van der Waals surface area contributed by atoms with Gasteiger partial charge < -0.3 is 5.43 Å². The van der Waals surface area contributed by atoms with Crippen LogP contribution in [0.5, 0.6) is 0 Å². The fourth-order valence-electron chi connectivity index (χ4n) is 1.17. The summed E-state index contributed by atoms with van der Waals surface area (Å²) >= 11 is 0. The average molecular weight is 138 g/mol. The summed E-state index contributed by atoms with van der Waals surface area (Å²) in [7, 11) is 0. The van der Waals surface area contributed by atoms with Gasteiger partial charge in [-0.25, -0.2) is 4.68 Å². The van der Waals surface area contributed by atoms with Crippen molar-refractivity contribution in [2.24, 2.45) is 5.92 Å². The van der Waals surface area contributed by atoms with Crippen molar-refractivity contribution in [3.05, 3.63) is 12.2 Å². The summed E-state index contributed by atoms with van der Waals surface area (Å²) in [5.74, 6) is 1.72. The first-order valence-corrected chi connectivity index (χ1v) is 3.49. The summed E-state index contributed by atoms with van der Waals surface area (Å²) in [6, 6.07) is 0. The molecule has 1 N–H and O–H groups in total. The third-order valence-electron chi connectivity index (χ3n) is 1.76. The summed E-state index contributed by atoms with van der Waals surface area (Å²) in [5, 5.41) is 7.75. The van der Waals surface area contributed by atoms with Gasteiger partial charge in [0.1, 0.15) is 6.33 Å². The fourth-order valence-corrected chi connectivity index (χ4v) is 1.17. The molecule has 0 aromatic carbocycles. The molecule has 1 aromatic heterocycles. The molecule has 0 saturated heterocycles. The fraction of sp³-hybridized carbons (Fsp3) is 0.667. The van der Waals surface area contributed by atoms with Crippen LogP contribution in [0.4, 0.5) is 0 Å². The molecule has 0 amide bonds. The second kappa shape index (κ2) is 1.97. The second-order valence-corrected chi connectivity index (χ2v) is 2.79. The Morgan fingerprint density at radius 1 is 1.80 bits per heavy atom. The van der Waals surface area contributed by atoms with Gasteiger partial charge in [-0.3, -0.25) is 0 Å². The molecule has 0 aliphatic carbocycles. The number of rotatable bonds is 0. The standard InChI is InChI=1S/C6H10N4/c1-5-2-6-9-7-4-10(6)8-3-5/h4-5,8H,2-3H2,1H3. The van der Waals surface area contributed by atoms with Gasteiger partial charge in [-0.2, -0.15) is 0 Å². The maximum absolute atomic E-state index is 3.96. The normalized spacial score (nSPS) is 23.5. The minimum absolute atomic E-state index is 0.677. The van der Waals surface area contributed by atoms with Crippen molar-refractivity contribution in [3.63, 3.8) is 0 Å². The Balaban J connectivity index is 2.30. The maximum atomic E-state index is 3.96. The lowest BCUT2D eigenvalue weighted by molar-refractivity contribution is 0.507. The molecule has 0 radical (unpaired) electrons. The van der Waals surface area contributed by atoms with Gasteiger partial charge in [0.25, 0.3) is 0 Å². The van der Waals surface area contributed by atoms with Crippen molar-refractivity contribution in [2.75, 3.05) is 12.0 Å². The van der Waals surface area contributed by atoms with Gasteiger partial charge in [0.05, 0.1) is 0 Å². The van der Waals surface area contributed by atoms with Gasteiger partial charge in [-0.05, 0) is 5.92 Å². The largest absolute Gasteiger partial charge is 0.323 e. The zero-order valence-electron chi connectivity index (χ0n) is 5.91. The molecule has 1 aromatic rings. The number of hydrogen-bond acceptors (Lipinski definition) is 3. The molecule has 2 heterocycles. The third kappa shape index (κ3) is 0.761. The first-order chi connectivity index (χ1) is 4.86. The SMILES string of the molecule is CC1CNn2cnnc2C1. The Kier molecular flexibility index (Phi) is 1.12. The van der Waals surface area contributed by atoms with E-state index in [1.807, 2.05) is 4.68 Å². The molecule has 0 saturated carbocycles. The number of nitrogens with zero attached hydrogens (tertiary/aromatic N) is 3. The molecule has 0 bridgehead atoms. The van der Waals surface area contributed by atoms with Crippen LogP contribution in [-0.4, -0.2) is 21.4 Å². The van der Waals surface area contributed by atoms with Crippen LogP contribution in [0.25, 0.3) is 0 Å². The van der Waals surface area contributed by atoms with Gasteiger partial charge in [-0.15, -0.1) is 10.2 Å². The van der Waals surface area contributed by atoms with E-state index < -0.39 is 0 Å². The smallest absolute Gasteiger partial charge is 0.152 e. The van der Waals surface area contributed by atoms with Crippen LogP contribution in [0, 0.1) is 5.92 Å². The Morgan fingerprint density at radius 3 is 3.60 bits per heavy atom. The summed E-state index contributed by atoms with van der Waals surface area (Å²) in [4.78, 5) is 0. The minimum Gasteiger partial charge on any atom is -0.323 e. The van der Waals surface area contributed by atoms with Gasteiger partial charge in [0, 0.05) is 13.0 Å². The molecule has 4 heteroatoms. The number of aromatic nitrogens is 3. The van der Waals surface area contributed by atoms with E-state index in [9.17, 15) is 0 Å². The van der Waals surface area contributed by atoms with Crippen LogP contribution in [-0.2, 0) is 6.42 Å². The van der Waals surface area contributed by atoms with E-state index in [1.165, 1.54) is 0 Å². The van der Waals surface area contributed by atoms with Crippen molar-refractivity contribution in [1.29, 1.82) is 0 Å². The topological polar surface area (TPSA) is 42.7 Å². The summed E-state index contributed by atoms with van der Waals surface area (Å²) < 4.78 is 1.89. The van der Waals surface area contributed by atoms with Crippen LogP contribution in [0.15, 0.2) is 6.33 Å². The quantitative estimate of drug-likeness (QED) is 0.549. The molecular weight excluding hydrogens is 128 g/mol. The highest BCUT2D eigenvalue weighted by atomic mass is 15.5. The lowest BCUT2D eigenvalue weighted by atomic mass is 10.1. The molecule has 4 nitrogen and oxygen atoms in total. The molecular formula is C6H10N4. The molecule has 0 spiro atoms. The zero-order chi connectivity index (χ0) is 6.97. The highest BCUT2D eigenvalue weighted by molar-refractivity contribution is 4.96. The lowest BCUT2D eigenvalue weighted by Crippen LogP contribution is -2.29. The van der Waals surface area contributed by atoms with Crippen LogP contribution in [0.3, 0.4) is 0 Å². The average Bonchev–Trinajstić information content (AvgIpc) is 2.33. The molecule has 2 rings (SSSR count). The van der Waals surface area contributed by atoms with E-state index >= 15 is 0 Å². The van der Waals surface area contributed by atoms with Crippen LogP contribution in [0.1, 0.15) is 12.7 Å². The first-order valence-electron chi connectivity index (χ1n) is 3.49. The lowest BCUT2D eigenvalue weighted by Gasteiger charge is -2.20. The monoisotopic (exact) mass is 138 g/mol. The van der Waals surface area contributed by atoms with Gasteiger partial charge in [0.15, 0.2) is 5.82 Å². The van der Waals surface area contributed by atoms with E-state index in [1.54, 1.807) is 6.33 Å². The Hall–Kier alpha value is -1.06. The zero-order valence-corrected chi connectivity index (χ0v) is 5.91. The molecule has 1 atom stereocenters. The third-order valence-corrected chi connectivity index (χ3v) is 1.76. The molecule has 54 valence electrons. The number of nitrogens with one attached hydrogen (secondary N) is 1. The summed E-state index contributed by atoms with van der Waals surface area (Å²) in [6.07, 6.45) is 2.74. The van der Waals surface area contributed by atoms with Gasteiger partial charge in [-0.1, -0.05) is 6.92 Å². The van der Waals surface area contributed by atoms with Gasteiger partial charge in [0.2, 0.25) is 0 Å². The highest BCUT2D eigenvalue weighted by Gasteiger charge is 2.14. The van der Waals surface area contributed by atoms with E-state index in [0.29, 0.717) is 5.92 Å². The maximum Gasteiger partial charge on any atom is 0.152 e.